The first-order valence-electron chi connectivity index (χ1n) is 10.2. The predicted molar refractivity (Wildman–Crippen MR) is 108 cm³/mol. The molecule has 28 heavy (non-hydrogen) atoms. The maximum absolute atomic E-state index is 12.4. The van der Waals surface area contributed by atoms with Crippen LogP contribution < -0.4 is 15.5 Å². The Morgan fingerprint density at radius 3 is 2.21 bits per heavy atom. The Hall–Kier alpha value is -2.57. The van der Waals surface area contributed by atoms with Gasteiger partial charge in [-0.1, -0.05) is 37.0 Å². The fraction of sp³-hybridized carbons (Fsp3) is 0.571. The molecular formula is C21H30N4O3. The second-order valence-electron chi connectivity index (χ2n) is 7.69. The molecule has 1 aliphatic heterocycles. The first-order valence-corrected chi connectivity index (χ1v) is 10.2. The molecule has 1 saturated heterocycles. The molecule has 3 amide bonds. The van der Waals surface area contributed by atoms with Crippen LogP contribution in [-0.4, -0.2) is 61.4 Å². The highest BCUT2D eigenvalue weighted by molar-refractivity contribution is 6.35. The number of rotatable bonds is 4. The van der Waals surface area contributed by atoms with Crippen LogP contribution in [0.15, 0.2) is 24.3 Å². The molecule has 3 rings (SSSR count). The van der Waals surface area contributed by atoms with Gasteiger partial charge in [-0.15, -0.1) is 0 Å². The van der Waals surface area contributed by atoms with E-state index in [1.54, 1.807) is 4.90 Å². The molecule has 0 spiro atoms. The van der Waals surface area contributed by atoms with E-state index in [2.05, 4.69) is 46.7 Å². The monoisotopic (exact) mass is 386 g/mol. The van der Waals surface area contributed by atoms with Gasteiger partial charge in [0.25, 0.3) is 0 Å². The Balaban J connectivity index is 1.38. The zero-order chi connectivity index (χ0) is 19.9. The van der Waals surface area contributed by atoms with Crippen molar-refractivity contribution in [2.75, 3.05) is 37.6 Å². The molecule has 0 unspecified atom stereocenters. The van der Waals surface area contributed by atoms with Crippen LogP contribution >= 0.6 is 0 Å². The van der Waals surface area contributed by atoms with E-state index in [0.717, 1.165) is 44.5 Å². The standard InChI is InChI=1S/C21H30N4O3/c1-16-7-9-18(10-8-16)24-11-13-25(14-12-24)19(26)15-22-20(27)21(28)23-17-5-3-2-4-6-17/h7-10,17H,2-6,11-15H2,1H3,(H,22,27)(H,23,28). The van der Waals surface area contributed by atoms with Gasteiger partial charge in [0.2, 0.25) is 5.91 Å². The van der Waals surface area contributed by atoms with Gasteiger partial charge in [0.05, 0.1) is 6.54 Å². The van der Waals surface area contributed by atoms with Crippen molar-refractivity contribution in [2.24, 2.45) is 0 Å². The van der Waals surface area contributed by atoms with Crippen LogP contribution in [0.3, 0.4) is 0 Å². The van der Waals surface area contributed by atoms with Gasteiger partial charge in [-0.2, -0.15) is 0 Å². The Bertz CT molecular complexity index is 690. The topological polar surface area (TPSA) is 81.8 Å². The number of carbonyl (C=O) groups is 3. The lowest BCUT2D eigenvalue weighted by molar-refractivity contribution is -0.141. The highest BCUT2D eigenvalue weighted by Gasteiger charge is 2.24. The van der Waals surface area contributed by atoms with Gasteiger partial charge in [-0.25, -0.2) is 0 Å². The van der Waals surface area contributed by atoms with E-state index in [1.807, 2.05) is 0 Å². The lowest BCUT2D eigenvalue weighted by Crippen LogP contribution is -2.52. The van der Waals surface area contributed by atoms with Crippen molar-refractivity contribution in [3.05, 3.63) is 29.8 Å². The molecule has 0 atom stereocenters. The molecular weight excluding hydrogens is 356 g/mol. The molecule has 2 fully saturated rings. The third-order valence-electron chi connectivity index (χ3n) is 5.58. The number of nitrogens with zero attached hydrogens (tertiary/aromatic N) is 2. The number of piperazine rings is 1. The number of aryl methyl sites for hydroxylation is 1. The zero-order valence-electron chi connectivity index (χ0n) is 16.6. The maximum atomic E-state index is 12.4. The predicted octanol–water partition coefficient (Wildman–Crippen LogP) is 1.21. The van der Waals surface area contributed by atoms with Gasteiger partial charge in [-0.05, 0) is 31.9 Å². The van der Waals surface area contributed by atoms with E-state index in [1.165, 1.54) is 12.0 Å². The number of hydrogen-bond acceptors (Lipinski definition) is 4. The van der Waals surface area contributed by atoms with E-state index in [-0.39, 0.29) is 18.5 Å². The van der Waals surface area contributed by atoms with Crippen LogP contribution in [-0.2, 0) is 14.4 Å². The summed E-state index contributed by atoms with van der Waals surface area (Å²) < 4.78 is 0. The number of amides is 3. The molecule has 7 heteroatoms. The minimum Gasteiger partial charge on any atom is -0.368 e. The minimum atomic E-state index is -0.725. The van der Waals surface area contributed by atoms with E-state index < -0.39 is 11.8 Å². The fourth-order valence-corrected chi connectivity index (χ4v) is 3.82. The Kier molecular flexibility index (Phi) is 6.90. The van der Waals surface area contributed by atoms with E-state index in [9.17, 15) is 14.4 Å². The molecule has 0 aromatic heterocycles. The van der Waals surface area contributed by atoms with Gasteiger partial charge in [0.15, 0.2) is 0 Å². The summed E-state index contributed by atoms with van der Waals surface area (Å²) in [6.45, 7) is 4.65. The third kappa shape index (κ3) is 5.47. The molecule has 1 aromatic carbocycles. The largest absolute Gasteiger partial charge is 0.368 e. The summed E-state index contributed by atoms with van der Waals surface area (Å²) in [6.07, 6.45) is 5.19. The molecule has 1 aromatic rings. The molecule has 1 heterocycles. The van der Waals surface area contributed by atoms with Crippen LogP contribution in [0, 0.1) is 6.92 Å². The van der Waals surface area contributed by atoms with Crippen molar-refractivity contribution in [3.63, 3.8) is 0 Å². The molecule has 1 aliphatic carbocycles. The lowest BCUT2D eigenvalue weighted by atomic mass is 9.95. The van der Waals surface area contributed by atoms with Crippen LogP contribution in [0.4, 0.5) is 5.69 Å². The first kappa shape index (κ1) is 20.2. The SMILES string of the molecule is Cc1ccc(N2CCN(C(=O)CNC(=O)C(=O)NC3CCCCC3)CC2)cc1. The molecule has 2 aliphatic rings. The molecule has 7 nitrogen and oxygen atoms in total. The lowest BCUT2D eigenvalue weighted by Gasteiger charge is -2.36. The quantitative estimate of drug-likeness (QED) is 0.762. The number of anilines is 1. The summed E-state index contributed by atoms with van der Waals surface area (Å²) in [5.41, 5.74) is 2.38. The number of hydrogen-bond donors (Lipinski definition) is 2. The van der Waals surface area contributed by atoms with Crippen LogP contribution in [0.2, 0.25) is 0 Å². The highest BCUT2D eigenvalue weighted by Crippen LogP contribution is 2.18. The molecule has 2 N–H and O–H groups in total. The van der Waals surface area contributed by atoms with E-state index in [4.69, 9.17) is 0 Å². The summed E-state index contributed by atoms with van der Waals surface area (Å²) in [6, 6.07) is 8.44. The van der Waals surface area contributed by atoms with Gasteiger partial charge in [-0.3, -0.25) is 14.4 Å². The average Bonchev–Trinajstić information content (AvgIpc) is 2.73. The normalized spacial score (nSPS) is 17.9. The fourth-order valence-electron chi connectivity index (χ4n) is 3.82. The zero-order valence-corrected chi connectivity index (χ0v) is 16.6. The Morgan fingerprint density at radius 2 is 1.57 bits per heavy atom. The maximum Gasteiger partial charge on any atom is 0.309 e. The molecule has 0 radical (unpaired) electrons. The van der Waals surface area contributed by atoms with Crippen molar-refractivity contribution >= 4 is 23.4 Å². The average molecular weight is 386 g/mol. The molecule has 152 valence electrons. The van der Waals surface area contributed by atoms with Crippen LogP contribution in [0.5, 0.6) is 0 Å². The van der Waals surface area contributed by atoms with Gasteiger partial charge in [0, 0.05) is 37.9 Å². The number of benzene rings is 1. The number of carbonyl (C=O) groups excluding carboxylic acids is 3. The minimum absolute atomic E-state index is 0.0811. The van der Waals surface area contributed by atoms with Crippen molar-refractivity contribution in [1.29, 1.82) is 0 Å². The van der Waals surface area contributed by atoms with Gasteiger partial charge < -0.3 is 20.4 Å². The first-order chi connectivity index (χ1) is 13.5. The van der Waals surface area contributed by atoms with E-state index >= 15 is 0 Å². The molecule has 1 saturated carbocycles. The van der Waals surface area contributed by atoms with Crippen molar-refractivity contribution in [1.82, 2.24) is 15.5 Å². The summed E-state index contributed by atoms with van der Waals surface area (Å²) in [7, 11) is 0. The van der Waals surface area contributed by atoms with Crippen LogP contribution in [0.1, 0.15) is 37.7 Å². The van der Waals surface area contributed by atoms with Crippen molar-refractivity contribution in [2.45, 2.75) is 45.1 Å². The Labute approximate surface area is 166 Å². The second kappa shape index (κ2) is 9.57. The summed E-state index contributed by atoms with van der Waals surface area (Å²) >= 11 is 0. The van der Waals surface area contributed by atoms with Crippen molar-refractivity contribution < 1.29 is 14.4 Å². The third-order valence-corrected chi connectivity index (χ3v) is 5.58. The second-order valence-corrected chi connectivity index (χ2v) is 7.69. The van der Waals surface area contributed by atoms with Gasteiger partial charge >= 0.3 is 11.8 Å². The number of nitrogens with one attached hydrogen (secondary N) is 2. The Morgan fingerprint density at radius 1 is 0.929 bits per heavy atom. The van der Waals surface area contributed by atoms with Gasteiger partial charge in [0.1, 0.15) is 0 Å². The van der Waals surface area contributed by atoms with Crippen LogP contribution in [0.25, 0.3) is 0 Å². The van der Waals surface area contributed by atoms with E-state index in [0.29, 0.717) is 13.1 Å². The summed E-state index contributed by atoms with van der Waals surface area (Å²) in [5.74, 6) is -1.51. The molecule has 0 bridgehead atoms. The smallest absolute Gasteiger partial charge is 0.309 e. The van der Waals surface area contributed by atoms with Crippen molar-refractivity contribution in [3.8, 4) is 0 Å². The highest BCUT2D eigenvalue weighted by atomic mass is 16.2. The summed E-state index contributed by atoms with van der Waals surface area (Å²) in [4.78, 5) is 40.3. The summed E-state index contributed by atoms with van der Waals surface area (Å²) in [5, 5.41) is 5.23.